The third-order valence-corrected chi connectivity index (χ3v) is 3.48. The van der Waals surface area contributed by atoms with Gasteiger partial charge in [-0.1, -0.05) is 60.3 Å². The van der Waals surface area contributed by atoms with E-state index in [0.29, 0.717) is 17.0 Å². The summed E-state index contributed by atoms with van der Waals surface area (Å²) in [7, 11) is 0. The average molecular weight is 361 g/mol. The van der Waals surface area contributed by atoms with Gasteiger partial charge in [0.2, 0.25) is 0 Å². The van der Waals surface area contributed by atoms with Crippen LogP contribution in [0.1, 0.15) is 22.3 Å². The van der Waals surface area contributed by atoms with Crippen molar-refractivity contribution in [2.24, 2.45) is 11.5 Å². The van der Waals surface area contributed by atoms with Gasteiger partial charge in [0.05, 0.1) is 15.5 Å². The number of hydrogen-bond donors (Lipinski definition) is 2. The van der Waals surface area contributed by atoms with Crippen LogP contribution in [0.15, 0.2) is 42.5 Å². The molecule has 0 aromatic heterocycles. The molecular weight excluding hydrogens is 342 g/mol. The smallest absolute Gasteiger partial charge is 0.279 e. The summed E-state index contributed by atoms with van der Waals surface area (Å²) in [5.74, 6) is 0. The highest BCUT2D eigenvalue weighted by Gasteiger charge is 2.14. The Morgan fingerprint density at radius 1 is 1.04 bits per heavy atom. The van der Waals surface area contributed by atoms with Crippen molar-refractivity contribution in [2.45, 2.75) is 20.3 Å². The first-order chi connectivity index (χ1) is 11.2. The molecule has 4 N–H and O–H groups in total. The molecule has 126 valence electrons. The molecular formula is C17H19N3O2S2. The highest BCUT2D eigenvalue weighted by atomic mass is 32.1. The molecule has 24 heavy (non-hydrogen) atoms. The van der Waals surface area contributed by atoms with Crippen LogP contribution in [0.25, 0.3) is 0 Å². The Bertz CT molecular complexity index is 759. The fourth-order valence-electron chi connectivity index (χ4n) is 1.91. The number of thiocarbonyl (C=S) groups is 2. The molecule has 0 saturated heterocycles. The summed E-state index contributed by atoms with van der Waals surface area (Å²) >= 11 is 9.47. The van der Waals surface area contributed by atoms with E-state index in [4.69, 9.17) is 23.7 Å². The molecule has 0 aliphatic heterocycles. The van der Waals surface area contributed by atoms with Gasteiger partial charge in [-0.2, -0.15) is 0 Å². The molecule has 0 unspecified atom stereocenters. The van der Waals surface area contributed by atoms with Gasteiger partial charge in [0.15, 0.2) is 0 Å². The minimum absolute atomic E-state index is 0.0347. The van der Waals surface area contributed by atoms with E-state index in [2.05, 4.69) is 43.4 Å². The lowest BCUT2D eigenvalue weighted by molar-refractivity contribution is -0.385. The number of aryl methyl sites for hydroxylation is 2. The lowest BCUT2D eigenvalue weighted by atomic mass is 10.1. The van der Waals surface area contributed by atoms with Crippen LogP contribution >= 0.6 is 24.4 Å². The highest BCUT2D eigenvalue weighted by molar-refractivity contribution is 7.80. The molecule has 0 amide bonds. The number of nitrogens with zero attached hydrogens (tertiary/aromatic N) is 1. The van der Waals surface area contributed by atoms with Gasteiger partial charge in [-0.3, -0.25) is 10.1 Å². The first-order valence-electron chi connectivity index (χ1n) is 7.09. The number of nitrogens with two attached hydrogens (primary N) is 2. The second-order valence-electron chi connectivity index (χ2n) is 5.27. The second-order valence-corrected chi connectivity index (χ2v) is 6.23. The van der Waals surface area contributed by atoms with Crippen LogP contribution < -0.4 is 11.5 Å². The number of hydrogen-bond acceptors (Lipinski definition) is 4. The molecule has 0 spiro atoms. The Morgan fingerprint density at radius 3 is 2.04 bits per heavy atom. The fourth-order valence-corrected chi connectivity index (χ4v) is 2.25. The zero-order chi connectivity index (χ0) is 18.3. The molecule has 7 heteroatoms. The summed E-state index contributed by atoms with van der Waals surface area (Å²) in [4.78, 5) is 10.7. The highest BCUT2D eigenvalue weighted by Crippen LogP contribution is 2.19. The van der Waals surface area contributed by atoms with Crippen molar-refractivity contribution in [3.63, 3.8) is 0 Å². The van der Waals surface area contributed by atoms with Gasteiger partial charge in [0.25, 0.3) is 5.69 Å². The van der Waals surface area contributed by atoms with Gasteiger partial charge < -0.3 is 11.5 Å². The Hall–Kier alpha value is -2.38. The van der Waals surface area contributed by atoms with Gasteiger partial charge in [0, 0.05) is 12.5 Å². The van der Waals surface area contributed by atoms with Crippen molar-refractivity contribution in [3.05, 3.63) is 74.8 Å². The molecule has 0 bridgehead atoms. The Kier molecular flexibility index (Phi) is 7.41. The largest absolute Gasteiger partial charge is 0.393 e. The van der Waals surface area contributed by atoms with Crippen LogP contribution in [0.3, 0.4) is 0 Å². The predicted molar refractivity (Wildman–Crippen MR) is 105 cm³/mol. The van der Waals surface area contributed by atoms with Crippen molar-refractivity contribution >= 4 is 40.1 Å². The monoisotopic (exact) mass is 361 g/mol. The van der Waals surface area contributed by atoms with Crippen molar-refractivity contribution in [1.29, 1.82) is 0 Å². The second kappa shape index (κ2) is 9.05. The zero-order valence-corrected chi connectivity index (χ0v) is 15.1. The maximum Gasteiger partial charge on any atom is 0.279 e. The molecule has 0 aliphatic carbocycles. The van der Waals surface area contributed by atoms with E-state index in [1.165, 1.54) is 17.2 Å². The Balaban J connectivity index is 0.000000243. The Labute approximate surface area is 151 Å². The molecule has 0 aliphatic rings. The van der Waals surface area contributed by atoms with Crippen LogP contribution in [0.2, 0.25) is 0 Å². The summed E-state index contributed by atoms with van der Waals surface area (Å²) < 4.78 is 0. The van der Waals surface area contributed by atoms with Crippen molar-refractivity contribution in [1.82, 2.24) is 0 Å². The lowest BCUT2D eigenvalue weighted by Crippen LogP contribution is -2.11. The summed E-state index contributed by atoms with van der Waals surface area (Å²) in [6, 6.07) is 13.0. The van der Waals surface area contributed by atoms with Gasteiger partial charge in [0.1, 0.15) is 4.99 Å². The number of benzene rings is 2. The normalized spacial score (nSPS) is 9.58. The molecule has 0 atom stereocenters. The van der Waals surface area contributed by atoms with Gasteiger partial charge in [-0.15, -0.1) is 0 Å². The van der Waals surface area contributed by atoms with Gasteiger partial charge in [-0.25, -0.2) is 0 Å². The molecule has 2 rings (SSSR count). The molecule has 0 fully saturated rings. The standard InChI is InChI=1S/C9H11NS.C8H8N2O2S/c1-7-2-4-8(5-3-7)6-9(10)11;1-5-2-3-6(8(9)13)7(4-5)10(11)12/h2-5H,6H2,1H3,(H2,10,11);2-4H,1H3,(H2,9,13). The summed E-state index contributed by atoms with van der Waals surface area (Å²) in [5.41, 5.74) is 14.3. The topological polar surface area (TPSA) is 95.2 Å². The zero-order valence-electron chi connectivity index (χ0n) is 13.5. The van der Waals surface area contributed by atoms with Gasteiger partial charge >= 0.3 is 0 Å². The number of nitro benzene ring substituents is 1. The molecule has 0 radical (unpaired) electrons. The maximum atomic E-state index is 10.6. The number of rotatable bonds is 4. The van der Waals surface area contributed by atoms with E-state index in [9.17, 15) is 10.1 Å². The molecule has 0 saturated carbocycles. The summed E-state index contributed by atoms with van der Waals surface area (Å²) in [5, 5.41) is 10.6. The van der Waals surface area contributed by atoms with Crippen molar-refractivity contribution in [3.8, 4) is 0 Å². The molecule has 5 nitrogen and oxygen atoms in total. The van der Waals surface area contributed by atoms with E-state index in [0.717, 1.165) is 5.56 Å². The minimum Gasteiger partial charge on any atom is -0.393 e. The SMILES string of the molecule is Cc1ccc(C(N)=S)c([N+](=O)[O-])c1.Cc1ccc(CC(N)=S)cc1. The minimum atomic E-state index is -0.485. The fraction of sp³-hybridized carbons (Fsp3) is 0.176. The maximum absolute atomic E-state index is 10.6. The third-order valence-electron chi connectivity index (χ3n) is 3.11. The van der Waals surface area contributed by atoms with Crippen LogP contribution in [0.4, 0.5) is 5.69 Å². The van der Waals surface area contributed by atoms with E-state index in [1.54, 1.807) is 19.1 Å². The molecule has 2 aromatic carbocycles. The lowest BCUT2D eigenvalue weighted by Gasteiger charge is -2.00. The van der Waals surface area contributed by atoms with E-state index >= 15 is 0 Å². The Morgan fingerprint density at radius 2 is 1.58 bits per heavy atom. The van der Waals surface area contributed by atoms with E-state index in [1.807, 2.05) is 0 Å². The predicted octanol–water partition coefficient (Wildman–Crippen LogP) is 3.36. The quantitative estimate of drug-likeness (QED) is 0.492. The van der Waals surface area contributed by atoms with Crippen LogP contribution in [0, 0.1) is 24.0 Å². The van der Waals surface area contributed by atoms with Crippen molar-refractivity contribution in [2.75, 3.05) is 0 Å². The third kappa shape index (κ3) is 6.39. The molecule has 0 heterocycles. The van der Waals surface area contributed by atoms with E-state index in [-0.39, 0.29) is 10.7 Å². The van der Waals surface area contributed by atoms with E-state index < -0.39 is 4.92 Å². The number of nitro groups is 1. The van der Waals surface area contributed by atoms with Crippen LogP contribution in [-0.4, -0.2) is 14.9 Å². The van der Waals surface area contributed by atoms with Crippen LogP contribution in [-0.2, 0) is 6.42 Å². The van der Waals surface area contributed by atoms with Gasteiger partial charge in [-0.05, 0) is 31.0 Å². The molecule has 2 aromatic rings. The first-order valence-corrected chi connectivity index (χ1v) is 7.91. The van der Waals surface area contributed by atoms with Crippen molar-refractivity contribution < 1.29 is 4.92 Å². The first kappa shape index (κ1) is 19.7. The summed E-state index contributed by atoms with van der Waals surface area (Å²) in [6.45, 7) is 3.83. The summed E-state index contributed by atoms with van der Waals surface area (Å²) in [6.07, 6.45) is 0.704. The average Bonchev–Trinajstić information content (AvgIpc) is 2.49. The van der Waals surface area contributed by atoms with Crippen LogP contribution in [0.5, 0.6) is 0 Å².